The Labute approximate surface area is 109 Å². The first-order chi connectivity index (χ1) is 8.60. The van der Waals surface area contributed by atoms with E-state index >= 15 is 0 Å². The third-order valence-electron chi connectivity index (χ3n) is 2.48. The standard InChI is InChI=1S/C12H13ClN4O/c1-8-5-12(18)17(15-6-8)7-10-9(13)3-4-11(14-2)16-10/h3-6H,7H2,1-2H3,(H,14,16). The van der Waals surface area contributed by atoms with E-state index in [0.717, 1.165) is 5.56 Å². The fraction of sp³-hybridized carbons (Fsp3) is 0.250. The Morgan fingerprint density at radius 3 is 2.89 bits per heavy atom. The number of hydrogen-bond acceptors (Lipinski definition) is 4. The van der Waals surface area contributed by atoms with E-state index in [1.807, 2.05) is 6.92 Å². The molecular formula is C12H13ClN4O. The molecule has 2 heterocycles. The monoisotopic (exact) mass is 264 g/mol. The van der Waals surface area contributed by atoms with Gasteiger partial charge in [-0.05, 0) is 24.6 Å². The first kappa shape index (κ1) is 12.6. The van der Waals surface area contributed by atoms with Crippen LogP contribution in [0.25, 0.3) is 0 Å². The highest BCUT2D eigenvalue weighted by Gasteiger charge is 2.06. The van der Waals surface area contributed by atoms with Crippen LogP contribution in [0, 0.1) is 6.92 Å². The molecule has 0 aliphatic rings. The Bertz CT molecular complexity index is 624. The van der Waals surface area contributed by atoms with Gasteiger partial charge in [-0.2, -0.15) is 5.10 Å². The Hall–Kier alpha value is -1.88. The van der Waals surface area contributed by atoms with Gasteiger partial charge < -0.3 is 5.32 Å². The first-order valence-corrected chi connectivity index (χ1v) is 5.85. The maximum Gasteiger partial charge on any atom is 0.267 e. The molecule has 0 aliphatic heterocycles. The average Bonchev–Trinajstić information content (AvgIpc) is 2.35. The fourth-order valence-electron chi connectivity index (χ4n) is 1.52. The van der Waals surface area contributed by atoms with Crippen molar-refractivity contribution in [2.75, 3.05) is 12.4 Å². The number of nitrogens with one attached hydrogen (secondary N) is 1. The second-order valence-corrected chi connectivity index (χ2v) is 4.31. The number of anilines is 1. The van der Waals surface area contributed by atoms with Gasteiger partial charge in [0, 0.05) is 13.1 Å². The molecule has 18 heavy (non-hydrogen) atoms. The van der Waals surface area contributed by atoms with Crippen LogP contribution in [0.4, 0.5) is 5.82 Å². The lowest BCUT2D eigenvalue weighted by molar-refractivity contribution is 0.626. The number of halogens is 1. The summed E-state index contributed by atoms with van der Waals surface area (Å²) in [6, 6.07) is 5.05. The number of nitrogens with zero attached hydrogens (tertiary/aromatic N) is 3. The van der Waals surface area contributed by atoms with Gasteiger partial charge in [0.15, 0.2) is 0 Å². The molecule has 6 heteroatoms. The van der Waals surface area contributed by atoms with Gasteiger partial charge in [-0.3, -0.25) is 4.79 Å². The maximum absolute atomic E-state index is 11.7. The highest BCUT2D eigenvalue weighted by atomic mass is 35.5. The minimum atomic E-state index is -0.164. The summed E-state index contributed by atoms with van der Waals surface area (Å²) >= 11 is 6.05. The molecule has 0 fully saturated rings. The molecule has 0 amide bonds. The van der Waals surface area contributed by atoms with E-state index in [-0.39, 0.29) is 12.1 Å². The molecule has 2 aromatic rings. The molecule has 0 radical (unpaired) electrons. The van der Waals surface area contributed by atoms with Gasteiger partial charge in [0.05, 0.1) is 23.5 Å². The second-order valence-electron chi connectivity index (χ2n) is 3.90. The summed E-state index contributed by atoms with van der Waals surface area (Å²) in [7, 11) is 1.77. The van der Waals surface area contributed by atoms with Gasteiger partial charge in [-0.1, -0.05) is 11.6 Å². The van der Waals surface area contributed by atoms with Crippen LogP contribution < -0.4 is 10.9 Å². The second kappa shape index (κ2) is 5.18. The summed E-state index contributed by atoms with van der Waals surface area (Å²) in [4.78, 5) is 16.0. The van der Waals surface area contributed by atoms with Crippen LogP contribution in [-0.2, 0) is 6.54 Å². The summed E-state index contributed by atoms with van der Waals surface area (Å²) < 4.78 is 1.33. The van der Waals surface area contributed by atoms with Crippen molar-refractivity contribution in [2.45, 2.75) is 13.5 Å². The lowest BCUT2D eigenvalue weighted by Crippen LogP contribution is -2.23. The zero-order valence-electron chi connectivity index (χ0n) is 10.1. The highest BCUT2D eigenvalue weighted by Crippen LogP contribution is 2.16. The van der Waals surface area contributed by atoms with Crippen LogP contribution in [0.3, 0.4) is 0 Å². The van der Waals surface area contributed by atoms with E-state index < -0.39 is 0 Å². The van der Waals surface area contributed by atoms with Gasteiger partial charge in [-0.25, -0.2) is 9.67 Å². The molecule has 2 aromatic heterocycles. The minimum Gasteiger partial charge on any atom is -0.373 e. The quantitative estimate of drug-likeness (QED) is 0.917. The Balaban J connectivity index is 2.36. The van der Waals surface area contributed by atoms with Crippen molar-refractivity contribution in [3.8, 4) is 0 Å². The molecule has 0 aromatic carbocycles. The molecule has 5 nitrogen and oxygen atoms in total. The highest BCUT2D eigenvalue weighted by molar-refractivity contribution is 6.31. The van der Waals surface area contributed by atoms with Gasteiger partial charge in [0.1, 0.15) is 5.82 Å². The minimum absolute atomic E-state index is 0.164. The summed E-state index contributed by atoms with van der Waals surface area (Å²) in [6.45, 7) is 2.08. The van der Waals surface area contributed by atoms with Crippen LogP contribution >= 0.6 is 11.6 Å². The van der Waals surface area contributed by atoms with Gasteiger partial charge in [-0.15, -0.1) is 0 Å². The van der Waals surface area contributed by atoms with Crippen molar-refractivity contribution in [3.05, 3.63) is 51.0 Å². The smallest absolute Gasteiger partial charge is 0.267 e. The van der Waals surface area contributed by atoms with E-state index in [2.05, 4.69) is 15.4 Å². The predicted octanol–water partition coefficient (Wildman–Crippen LogP) is 1.69. The van der Waals surface area contributed by atoms with Crippen molar-refractivity contribution < 1.29 is 0 Å². The Morgan fingerprint density at radius 2 is 2.22 bits per heavy atom. The van der Waals surface area contributed by atoms with E-state index in [1.165, 1.54) is 10.7 Å². The van der Waals surface area contributed by atoms with Crippen LogP contribution in [0.15, 0.2) is 29.2 Å². The van der Waals surface area contributed by atoms with Crippen LogP contribution in [0.2, 0.25) is 5.02 Å². The topological polar surface area (TPSA) is 59.8 Å². The normalized spacial score (nSPS) is 10.4. The lowest BCUT2D eigenvalue weighted by Gasteiger charge is -2.07. The van der Waals surface area contributed by atoms with Crippen molar-refractivity contribution in [1.29, 1.82) is 0 Å². The summed E-state index contributed by atoms with van der Waals surface area (Å²) in [6.07, 6.45) is 1.64. The zero-order chi connectivity index (χ0) is 13.1. The van der Waals surface area contributed by atoms with E-state index in [4.69, 9.17) is 11.6 Å². The Morgan fingerprint density at radius 1 is 1.44 bits per heavy atom. The molecule has 1 N–H and O–H groups in total. The van der Waals surface area contributed by atoms with Crippen LogP contribution in [-0.4, -0.2) is 21.8 Å². The zero-order valence-corrected chi connectivity index (χ0v) is 10.9. The third-order valence-corrected chi connectivity index (χ3v) is 2.82. The average molecular weight is 265 g/mol. The van der Waals surface area contributed by atoms with Gasteiger partial charge in [0.25, 0.3) is 5.56 Å². The largest absolute Gasteiger partial charge is 0.373 e. The van der Waals surface area contributed by atoms with Crippen LogP contribution in [0.5, 0.6) is 0 Å². The summed E-state index contributed by atoms with van der Waals surface area (Å²) in [5.41, 5.74) is 1.28. The first-order valence-electron chi connectivity index (χ1n) is 5.47. The summed E-state index contributed by atoms with van der Waals surface area (Å²) in [5.74, 6) is 0.703. The number of rotatable bonds is 3. The van der Waals surface area contributed by atoms with Crippen LogP contribution in [0.1, 0.15) is 11.3 Å². The fourth-order valence-corrected chi connectivity index (χ4v) is 1.68. The number of hydrogen-bond donors (Lipinski definition) is 1. The summed E-state index contributed by atoms with van der Waals surface area (Å²) in [5, 5.41) is 7.50. The van der Waals surface area contributed by atoms with Crippen molar-refractivity contribution in [1.82, 2.24) is 14.8 Å². The number of pyridine rings is 1. The predicted molar refractivity (Wildman–Crippen MR) is 71.1 cm³/mol. The number of aromatic nitrogens is 3. The molecule has 0 saturated heterocycles. The molecule has 0 atom stereocenters. The molecular weight excluding hydrogens is 252 g/mol. The third kappa shape index (κ3) is 2.68. The van der Waals surface area contributed by atoms with Crippen molar-refractivity contribution >= 4 is 17.4 Å². The van der Waals surface area contributed by atoms with Crippen molar-refractivity contribution in [3.63, 3.8) is 0 Å². The van der Waals surface area contributed by atoms with Gasteiger partial charge >= 0.3 is 0 Å². The van der Waals surface area contributed by atoms with Crippen molar-refractivity contribution in [2.24, 2.45) is 0 Å². The number of aryl methyl sites for hydroxylation is 1. The molecule has 0 unspecified atom stereocenters. The molecule has 0 bridgehead atoms. The van der Waals surface area contributed by atoms with E-state index in [1.54, 1.807) is 25.4 Å². The SMILES string of the molecule is CNc1ccc(Cl)c(Cn2ncc(C)cc2=O)n1. The van der Waals surface area contributed by atoms with E-state index in [0.29, 0.717) is 16.5 Å². The Kier molecular flexibility index (Phi) is 3.62. The van der Waals surface area contributed by atoms with Gasteiger partial charge in [0.2, 0.25) is 0 Å². The molecule has 0 spiro atoms. The molecule has 2 rings (SSSR count). The molecule has 94 valence electrons. The molecule has 0 saturated carbocycles. The lowest BCUT2D eigenvalue weighted by atomic mass is 10.3. The maximum atomic E-state index is 11.7. The molecule has 0 aliphatic carbocycles. The van der Waals surface area contributed by atoms with E-state index in [9.17, 15) is 4.79 Å².